The van der Waals surface area contributed by atoms with Crippen LogP contribution in [0.4, 0.5) is 5.95 Å². The first-order chi connectivity index (χ1) is 14.1. The van der Waals surface area contributed by atoms with Crippen molar-refractivity contribution < 1.29 is 14.2 Å². The summed E-state index contributed by atoms with van der Waals surface area (Å²) >= 11 is 6.04. The second kappa shape index (κ2) is 9.23. The van der Waals surface area contributed by atoms with Crippen LogP contribution < -0.4 is 14.4 Å². The molecule has 1 saturated heterocycles. The van der Waals surface area contributed by atoms with E-state index in [0.29, 0.717) is 48.4 Å². The zero-order valence-electron chi connectivity index (χ0n) is 16.2. The zero-order chi connectivity index (χ0) is 20.4. The van der Waals surface area contributed by atoms with Crippen LogP contribution in [-0.4, -0.2) is 63.1 Å². The Bertz CT molecular complexity index is 990. The third-order valence-corrected chi connectivity index (χ3v) is 4.94. The van der Waals surface area contributed by atoms with E-state index in [4.69, 9.17) is 25.8 Å². The smallest absolute Gasteiger partial charge is 0.232 e. The quantitative estimate of drug-likeness (QED) is 0.520. The Balaban J connectivity index is 0.00000256. The van der Waals surface area contributed by atoms with Crippen LogP contribution in [0, 0.1) is 6.92 Å². The Kier molecular flexibility index (Phi) is 6.68. The molecule has 11 heteroatoms. The molecular formula is C19H24ClN7O3. The molecule has 3 aromatic heterocycles. The summed E-state index contributed by atoms with van der Waals surface area (Å²) in [5.74, 6) is 2.40. The maximum atomic E-state index is 6.04. The molecule has 0 aromatic carbocycles. The van der Waals surface area contributed by atoms with Crippen molar-refractivity contribution in [2.75, 3.05) is 32.2 Å². The molecule has 0 saturated carbocycles. The van der Waals surface area contributed by atoms with Gasteiger partial charge in [0, 0.05) is 18.7 Å². The van der Waals surface area contributed by atoms with Crippen LogP contribution in [0.5, 0.6) is 11.8 Å². The number of hydrogen-bond acceptors (Lipinski definition) is 9. The van der Waals surface area contributed by atoms with Crippen molar-refractivity contribution in [3.63, 3.8) is 0 Å². The maximum absolute atomic E-state index is 6.04. The molecule has 0 aliphatic carbocycles. The minimum atomic E-state index is -0.0373. The van der Waals surface area contributed by atoms with Crippen molar-refractivity contribution in [1.82, 2.24) is 29.7 Å². The van der Waals surface area contributed by atoms with Gasteiger partial charge >= 0.3 is 0 Å². The molecule has 30 heavy (non-hydrogen) atoms. The molecule has 0 radical (unpaired) electrons. The summed E-state index contributed by atoms with van der Waals surface area (Å²) in [6.45, 7) is 3.43. The van der Waals surface area contributed by atoms with Gasteiger partial charge in [-0.15, -0.1) is 10.2 Å². The molecule has 0 N–H and O–H groups in total. The van der Waals surface area contributed by atoms with E-state index >= 15 is 0 Å². The van der Waals surface area contributed by atoms with Crippen molar-refractivity contribution in [2.45, 2.75) is 27.1 Å². The number of ether oxygens (including phenoxy) is 3. The molecule has 160 valence electrons. The number of pyridine rings is 1. The topological polar surface area (TPSA) is 100 Å². The Morgan fingerprint density at radius 2 is 1.93 bits per heavy atom. The van der Waals surface area contributed by atoms with E-state index in [2.05, 4.69) is 30.0 Å². The Morgan fingerprint density at radius 1 is 1.13 bits per heavy atom. The van der Waals surface area contributed by atoms with Crippen LogP contribution in [-0.2, 0) is 11.3 Å². The molecule has 1 fully saturated rings. The molecule has 0 spiro atoms. The van der Waals surface area contributed by atoms with Crippen molar-refractivity contribution in [1.29, 1.82) is 0 Å². The fourth-order valence-corrected chi connectivity index (χ4v) is 3.12. The summed E-state index contributed by atoms with van der Waals surface area (Å²) in [6.07, 6.45) is 3.07. The summed E-state index contributed by atoms with van der Waals surface area (Å²) in [6, 6.07) is 3.69. The van der Waals surface area contributed by atoms with E-state index in [1.54, 1.807) is 26.5 Å². The molecule has 4 heterocycles. The highest BCUT2D eigenvalue weighted by Crippen LogP contribution is 2.28. The standard InChI is InChI=1S/C18H20ClN7O3.CH4/c1-11-16(19)21-10-22-17(11)29-13-7-25(8-13)18-24-23-14(9-27-2)26(18)12-4-5-15(28-3)20-6-12;/h4-6,10,13H,7-9H2,1-3H3;1H4. The van der Waals surface area contributed by atoms with Gasteiger partial charge in [0.25, 0.3) is 0 Å². The van der Waals surface area contributed by atoms with Gasteiger partial charge in [0.2, 0.25) is 17.7 Å². The minimum Gasteiger partial charge on any atom is -0.481 e. The lowest BCUT2D eigenvalue weighted by atomic mass is 10.2. The molecule has 1 aliphatic rings. The highest BCUT2D eigenvalue weighted by molar-refractivity contribution is 6.30. The predicted octanol–water partition coefficient (Wildman–Crippen LogP) is 2.47. The lowest BCUT2D eigenvalue weighted by molar-refractivity contribution is 0.157. The van der Waals surface area contributed by atoms with Crippen molar-refractivity contribution in [2.24, 2.45) is 0 Å². The number of hydrogen-bond donors (Lipinski definition) is 0. The normalized spacial score (nSPS) is 13.5. The van der Waals surface area contributed by atoms with Crippen LogP contribution in [0.15, 0.2) is 24.7 Å². The van der Waals surface area contributed by atoms with Gasteiger partial charge in [-0.1, -0.05) is 19.0 Å². The van der Waals surface area contributed by atoms with E-state index < -0.39 is 0 Å². The summed E-state index contributed by atoms with van der Waals surface area (Å²) in [5.41, 5.74) is 1.54. The van der Waals surface area contributed by atoms with Gasteiger partial charge in [0.15, 0.2) is 5.82 Å². The number of aromatic nitrogens is 6. The van der Waals surface area contributed by atoms with Crippen LogP contribution in [0.25, 0.3) is 5.69 Å². The molecule has 4 rings (SSSR count). The van der Waals surface area contributed by atoms with Gasteiger partial charge in [0.1, 0.15) is 24.2 Å². The first kappa shape index (κ1) is 21.7. The summed E-state index contributed by atoms with van der Waals surface area (Å²) < 4.78 is 18.3. The number of methoxy groups -OCH3 is 2. The van der Waals surface area contributed by atoms with E-state index in [1.165, 1.54) is 6.33 Å². The second-order valence-electron chi connectivity index (χ2n) is 6.48. The van der Waals surface area contributed by atoms with Gasteiger partial charge in [-0.2, -0.15) is 0 Å². The average molecular weight is 434 g/mol. The molecule has 1 aliphatic heterocycles. The zero-order valence-corrected chi connectivity index (χ0v) is 17.0. The van der Waals surface area contributed by atoms with Crippen LogP contribution >= 0.6 is 11.6 Å². The Hall–Kier alpha value is -2.98. The molecular weight excluding hydrogens is 410 g/mol. The van der Waals surface area contributed by atoms with Crippen LogP contribution in [0.3, 0.4) is 0 Å². The van der Waals surface area contributed by atoms with Crippen molar-refractivity contribution in [3.8, 4) is 17.4 Å². The molecule has 0 unspecified atom stereocenters. The second-order valence-corrected chi connectivity index (χ2v) is 6.84. The Labute approximate surface area is 179 Å². The van der Waals surface area contributed by atoms with E-state index in [9.17, 15) is 0 Å². The first-order valence-electron chi connectivity index (χ1n) is 8.93. The number of anilines is 1. The fraction of sp³-hybridized carbons (Fsp3) is 0.421. The van der Waals surface area contributed by atoms with Gasteiger partial charge < -0.3 is 19.1 Å². The van der Waals surface area contributed by atoms with Gasteiger partial charge in [-0.25, -0.2) is 15.0 Å². The fourth-order valence-electron chi connectivity index (χ4n) is 2.99. The van der Waals surface area contributed by atoms with Gasteiger partial charge in [-0.05, 0) is 13.0 Å². The lowest BCUT2D eigenvalue weighted by Crippen LogP contribution is -2.55. The third-order valence-electron chi connectivity index (χ3n) is 4.56. The summed E-state index contributed by atoms with van der Waals surface area (Å²) in [4.78, 5) is 14.5. The monoisotopic (exact) mass is 433 g/mol. The van der Waals surface area contributed by atoms with Gasteiger partial charge in [0.05, 0.1) is 32.1 Å². The van der Waals surface area contributed by atoms with E-state index in [0.717, 1.165) is 11.3 Å². The van der Waals surface area contributed by atoms with Gasteiger partial charge in [-0.3, -0.25) is 4.57 Å². The molecule has 0 bridgehead atoms. The van der Waals surface area contributed by atoms with Crippen molar-refractivity contribution >= 4 is 17.5 Å². The molecule has 3 aromatic rings. The summed E-state index contributed by atoms with van der Waals surface area (Å²) in [5, 5.41) is 9.01. The Morgan fingerprint density at radius 3 is 2.60 bits per heavy atom. The van der Waals surface area contributed by atoms with Crippen molar-refractivity contribution in [3.05, 3.63) is 41.2 Å². The predicted molar refractivity (Wildman–Crippen MR) is 112 cm³/mol. The highest BCUT2D eigenvalue weighted by atomic mass is 35.5. The molecule has 0 atom stereocenters. The molecule has 0 amide bonds. The summed E-state index contributed by atoms with van der Waals surface area (Å²) in [7, 11) is 3.20. The molecule has 10 nitrogen and oxygen atoms in total. The van der Waals surface area contributed by atoms with E-state index in [-0.39, 0.29) is 13.5 Å². The first-order valence-corrected chi connectivity index (χ1v) is 9.30. The number of halogens is 1. The highest BCUT2D eigenvalue weighted by Gasteiger charge is 2.34. The van der Waals surface area contributed by atoms with E-state index in [1.807, 2.05) is 17.6 Å². The lowest BCUT2D eigenvalue weighted by Gasteiger charge is -2.39. The third kappa shape index (κ3) is 4.14. The minimum absolute atomic E-state index is 0. The largest absolute Gasteiger partial charge is 0.481 e. The number of nitrogens with zero attached hydrogens (tertiary/aromatic N) is 7. The maximum Gasteiger partial charge on any atom is 0.232 e. The number of rotatable bonds is 7. The SMILES string of the molecule is C.COCc1nnc(N2CC(Oc3ncnc(Cl)c3C)C2)n1-c1ccc(OC)nc1. The average Bonchev–Trinajstić information content (AvgIpc) is 3.11. The van der Waals surface area contributed by atoms with Crippen LogP contribution in [0.2, 0.25) is 5.15 Å². The van der Waals surface area contributed by atoms with Crippen LogP contribution in [0.1, 0.15) is 18.8 Å².